The number of amides is 2. The van der Waals surface area contributed by atoms with Crippen molar-refractivity contribution in [3.63, 3.8) is 0 Å². The van der Waals surface area contributed by atoms with Gasteiger partial charge in [0.05, 0.1) is 5.75 Å². The number of hydrogen-bond donors (Lipinski definition) is 5. The van der Waals surface area contributed by atoms with Gasteiger partial charge in [-0.05, 0) is 48.2 Å². The number of rotatable bonds is 13. The average Bonchev–Trinajstić information content (AvgIpc) is 2.90. The topological polar surface area (TPSA) is 154 Å². The molecule has 208 valence electrons. The van der Waals surface area contributed by atoms with Crippen molar-refractivity contribution in [3.8, 4) is 0 Å². The van der Waals surface area contributed by atoms with Crippen LogP contribution in [0.15, 0.2) is 72.9 Å². The minimum absolute atomic E-state index is 0.0428. The van der Waals surface area contributed by atoms with Gasteiger partial charge >= 0.3 is 0 Å². The first-order chi connectivity index (χ1) is 18.6. The highest BCUT2D eigenvalue weighted by Gasteiger charge is 2.28. The summed E-state index contributed by atoms with van der Waals surface area (Å²) in [6.45, 7) is 1.93. The summed E-state index contributed by atoms with van der Waals surface area (Å²) in [6, 6.07) is 16.7. The molecule has 2 aromatic carbocycles. The zero-order valence-electron chi connectivity index (χ0n) is 21.5. The van der Waals surface area contributed by atoms with Crippen LogP contribution >= 0.6 is 11.6 Å². The van der Waals surface area contributed by atoms with E-state index in [9.17, 15) is 23.2 Å². The van der Waals surface area contributed by atoms with Crippen molar-refractivity contribution in [2.24, 2.45) is 5.73 Å². The second kappa shape index (κ2) is 14.0. The standard InChI is InChI=1S/C27H32ClN5O5S/c1-19(26(34)30-17-22-15-23(28)11-10-21(22)16-29)31-27(35)25(13-12-24-9-5-6-14-33(24)36)32-39(37,38)18-20-7-3-2-4-8-20/h2-11,14-15,19,25,32H,12-13,16-18,29H2,1H3,(H2-,30,31,34,35,36)/p+1/t19-,25+/m0/s1. The Morgan fingerprint density at radius 3 is 2.44 bits per heavy atom. The number of aryl methyl sites for hydroxylation is 1. The minimum atomic E-state index is -3.91. The van der Waals surface area contributed by atoms with Crippen molar-refractivity contribution in [2.45, 2.75) is 50.7 Å². The van der Waals surface area contributed by atoms with Gasteiger partial charge in [0, 0.05) is 41.4 Å². The van der Waals surface area contributed by atoms with E-state index in [2.05, 4.69) is 15.4 Å². The number of pyridine rings is 1. The number of nitrogens with one attached hydrogen (secondary N) is 3. The van der Waals surface area contributed by atoms with Gasteiger partial charge in [-0.25, -0.2) is 13.1 Å². The molecule has 0 unspecified atom stereocenters. The van der Waals surface area contributed by atoms with Crippen molar-refractivity contribution < 1.29 is 27.9 Å². The maximum atomic E-state index is 13.2. The molecule has 2 amide bonds. The fourth-order valence-corrected chi connectivity index (χ4v) is 5.50. The number of aromatic nitrogens is 1. The molecule has 0 aliphatic rings. The highest BCUT2D eigenvalue weighted by atomic mass is 35.5. The van der Waals surface area contributed by atoms with Gasteiger partial charge in [0.2, 0.25) is 33.7 Å². The highest BCUT2D eigenvalue weighted by molar-refractivity contribution is 7.88. The largest absolute Gasteiger partial charge is 0.350 e. The molecule has 0 radical (unpaired) electrons. The second-order valence-corrected chi connectivity index (χ2v) is 11.2. The van der Waals surface area contributed by atoms with Crippen LogP contribution in [0.4, 0.5) is 0 Å². The van der Waals surface area contributed by atoms with Crippen LogP contribution in [0.2, 0.25) is 5.02 Å². The van der Waals surface area contributed by atoms with Gasteiger partial charge in [0.1, 0.15) is 12.1 Å². The third-order valence-electron chi connectivity index (χ3n) is 6.04. The van der Waals surface area contributed by atoms with E-state index in [1.54, 1.807) is 66.7 Å². The summed E-state index contributed by atoms with van der Waals surface area (Å²) in [5.74, 6) is -1.45. The molecule has 1 aromatic heterocycles. The van der Waals surface area contributed by atoms with Crippen LogP contribution in [0, 0.1) is 0 Å². The number of benzene rings is 2. The van der Waals surface area contributed by atoms with Gasteiger partial charge in [-0.2, -0.15) is 0 Å². The fourth-order valence-electron chi connectivity index (χ4n) is 3.93. The lowest BCUT2D eigenvalue weighted by Gasteiger charge is -2.21. The smallest absolute Gasteiger partial charge is 0.242 e. The molecule has 10 nitrogen and oxygen atoms in total. The van der Waals surface area contributed by atoms with E-state index in [1.807, 2.05) is 0 Å². The van der Waals surface area contributed by atoms with E-state index in [4.69, 9.17) is 17.3 Å². The number of sulfonamides is 1. The molecule has 2 atom stereocenters. The van der Waals surface area contributed by atoms with Crippen LogP contribution in [0.1, 0.15) is 35.7 Å². The van der Waals surface area contributed by atoms with Crippen molar-refractivity contribution in [2.75, 3.05) is 0 Å². The van der Waals surface area contributed by atoms with E-state index in [1.165, 1.54) is 13.1 Å². The van der Waals surface area contributed by atoms with Gasteiger partial charge in [0.25, 0.3) is 0 Å². The Hall–Kier alpha value is -3.51. The summed E-state index contributed by atoms with van der Waals surface area (Å²) in [7, 11) is -3.91. The second-order valence-electron chi connectivity index (χ2n) is 9.06. The molecule has 0 saturated carbocycles. The normalized spacial score (nSPS) is 12.9. The lowest BCUT2D eigenvalue weighted by Crippen LogP contribution is -2.53. The zero-order chi connectivity index (χ0) is 28.4. The number of nitrogens with two attached hydrogens (primary N) is 1. The van der Waals surface area contributed by atoms with E-state index < -0.39 is 33.9 Å². The lowest BCUT2D eigenvalue weighted by molar-refractivity contribution is -0.909. The molecule has 0 bridgehead atoms. The van der Waals surface area contributed by atoms with Crippen LogP contribution in [0.5, 0.6) is 0 Å². The molecular formula is C27H33ClN5O5S+. The average molecular weight is 575 g/mol. The maximum Gasteiger partial charge on any atom is 0.242 e. The highest BCUT2D eigenvalue weighted by Crippen LogP contribution is 2.16. The Balaban J connectivity index is 1.68. The van der Waals surface area contributed by atoms with Crippen molar-refractivity contribution in [1.82, 2.24) is 15.4 Å². The number of halogens is 1. The summed E-state index contributed by atoms with van der Waals surface area (Å²) < 4.78 is 29.2. The predicted molar refractivity (Wildman–Crippen MR) is 147 cm³/mol. The molecule has 0 fully saturated rings. The van der Waals surface area contributed by atoms with E-state index in [0.29, 0.717) is 16.3 Å². The SMILES string of the molecule is C[C@H](NC(=O)[C@@H](CCc1cccc[n+]1O)NS(=O)(=O)Cc1ccccc1)C(=O)NCc1cc(Cl)ccc1CN. The third kappa shape index (κ3) is 9.32. The maximum absolute atomic E-state index is 13.2. The Labute approximate surface area is 233 Å². The quantitative estimate of drug-likeness (QED) is 0.154. The van der Waals surface area contributed by atoms with E-state index in [-0.39, 0.29) is 31.7 Å². The minimum Gasteiger partial charge on any atom is -0.350 e. The first kappa shape index (κ1) is 30.0. The first-order valence-corrected chi connectivity index (χ1v) is 14.4. The van der Waals surface area contributed by atoms with Gasteiger partial charge in [-0.15, -0.1) is 0 Å². The van der Waals surface area contributed by atoms with Gasteiger partial charge in [-0.3, -0.25) is 14.8 Å². The Bertz CT molecular complexity index is 1390. The number of carbonyl (C=O) groups excluding carboxylic acids is 2. The van der Waals surface area contributed by atoms with E-state index >= 15 is 0 Å². The number of nitrogens with zero attached hydrogens (tertiary/aromatic N) is 1. The molecule has 3 rings (SSSR count). The van der Waals surface area contributed by atoms with Crippen LogP contribution in [0.3, 0.4) is 0 Å². The van der Waals surface area contributed by atoms with Gasteiger partial charge < -0.3 is 16.4 Å². The summed E-state index contributed by atoms with van der Waals surface area (Å²) in [6.07, 6.45) is 1.67. The summed E-state index contributed by atoms with van der Waals surface area (Å²) in [4.78, 5) is 25.9. The van der Waals surface area contributed by atoms with Crippen LogP contribution in [-0.2, 0) is 44.9 Å². The summed E-state index contributed by atoms with van der Waals surface area (Å²) in [5, 5.41) is 15.9. The Morgan fingerprint density at radius 1 is 1.03 bits per heavy atom. The van der Waals surface area contributed by atoms with Gasteiger partial charge in [0.15, 0.2) is 0 Å². The Kier molecular flexibility index (Phi) is 10.8. The molecule has 12 heteroatoms. The van der Waals surface area contributed by atoms with Crippen molar-refractivity contribution >= 4 is 33.4 Å². The summed E-state index contributed by atoms with van der Waals surface area (Å²) >= 11 is 6.06. The molecule has 3 aromatic rings. The molecule has 1 heterocycles. The molecular weight excluding hydrogens is 542 g/mol. The third-order valence-corrected chi connectivity index (χ3v) is 7.63. The molecule has 0 spiro atoms. The monoisotopic (exact) mass is 574 g/mol. The van der Waals surface area contributed by atoms with Crippen molar-refractivity contribution in [3.05, 3.63) is 100 Å². The fraction of sp³-hybridized carbons (Fsp3) is 0.296. The lowest BCUT2D eigenvalue weighted by atomic mass is 10.1. The molecule has 0 aliphatic heterocycles. The van der Waals surface area contributed by atoms with Crippen molar-refractivity contribution in [1.29, 1.82) is 0 Å². The number of carbonyl (C=O) groups is 2. The van der Waals surface area contributed by atoms with E-state index in [0.717, 1.165) is 15.9 Å². The summed E-state index contributed by atoms with van der Waals surface area (Å²) in [5.41, 5.74) is 8.39. The zero-order valence-corrected chi connectivity index (χ0v) is 23.1. The number of hydrogen-bond acceptors (Lipinski definition) is 6. The van der Waals surface area contributed by atoms with Crippen LogP contribution in [-0.4, -0.2) is 37.5 Å². The molecule has 39 heavy (non-hydrogen) atoms. The molecule has 0 saturated heterocycles. The van der Waals surface area contributed by atoms with Gasteiger partial charge in [-0.1, -0.05) is 48.0 Å². The Morgan fingerprint density at radius 2 is 1.74 bits per heavy atom. The molecule has 6 N–H and O–H groups in total. The van der Waals surface area contributed by atoms with Crippen LogP contribution < -0.4 is 25.8 Å². The first-order valence-electron chi connectivity index (χ1n) is 12.4. The van der Waals surface area contributed by atoms with Crippen LogP contribution in [0.25, 0.3) is 0 Å². The predicted octanol–water partition coefficient (Wildman–Crippen LogP) is 1.57. The molecule has 0 aliphatic carbocycles.